The van der Waals surface area contributed by atoms with E-state index >= 15 is 0 Å². The van der Waals surface area contributed by atoms with Gasteiger partial charge in [0.05, 0.1) is 0 Å². The second-order valence-corrected chi connectivity index (χ2v) is 22.7. The van der Waals surface area contributed by atoms with Crippen LogP contribution in [0.15, 0.2) is 60.8 Å². The number of carbonyl (C=O) groups is 3. The molecule has 0 aromatic rings. The highest BCUT2D eigenvalue weighted by molar-refractivity contribution is 5.71. The van der Waals surface area contributed by atoms with Crippen molar-refractivity contribution in [2.45, 2.75) is 361 Å². The Bertz CT molecular complexity index is 1380. The third kappa shape index (κ3) is 63.8. The maximum atomic E-state index is 12.8. The number of allylic oxidation sites excluding steroid dienone is 10. The van der Waals surface area contributed by atoms with Gasteiger partial charge in [0.1, 0.15) is 13.2 Å². The quantitative estimate of drug-likeness (QED) is 0.0261. The summed E-state index contributed by atoms with van der Waals surface area (Å²) in [6, 6.07) is 0. The van der Waals surface area contributed by atoms with Crippen molar-refractivity contribution in [3.8, 4) is 0 Å². The van der Waals surface area contributed by atoms with Crippen LogP contribution in [0.5, 0.6) is 0 Å². The van der Waals surface area contributed by atoms with Gasteiger partial charge in [-0.3, -0.25) is 14.4 Å². The Kier molecular flexibility index (Phi) is 63.2. The average Bonchev–Trinajstić information content (AvgIpc) is 3.43. The molecule has 0 spiro atoms. The molecule has 6 nitrogen and oxygen atoms in total. The highest BCUT2D eigenvalue weighted by atomic mass is 16.6. The number of rotatable bonds is 62. The first-order chi connectivity index (χ1) is 38.0. The van der Waals surface area contributed by atoms with E-state index in [1.165, 1.54) is 225 Å². The molecule has 0 aliphatic heterocycles. The SMILES string of the molecule is CC/C=C\C/C=C\C/C=C\C/C=C\CCCCCCCCCCCCCCCCCCCCC(=O)OCC(COC(=O)CCCCCCC)OC(=O)CCCCCCCCCCCCC/C=C\CCCCCCCCCC. The van der Waals surface area contributed by atoms with Gasteiger partial charge in [-0.25, -0.2) is 0 Å². The second-order valence-electron chi connectivity index (χ2n) is 22.7. The molecule has 0 aromatic carbocycles. The molecule has 0 bridgehead atoms. The van der Waals surface area contributed by atoms with Crippen molar-refractivity contribution < 1.29 is 28.6 Å². The number of hydrogen-bond acceptors (Lipinski definition) is 6. The van der Waals surface area contributed by atoms with Crippen LogP contribution in [0.4, 0.5) is 0 Å². The monoisotopic (exact) mass is 1080 g/mol. The molecule has 448 valence electrons. The van der Waals surface area contributed by atoms with Gasteiger partial charge in [-0.05, 0) is 83.5 Å². The zero-order chi connectivity index (χ0) is 55.7. The van der Waals surface area contributed by atoms with E-state index in [0.29, 0.717) is 19.3 Å². The molecule has 0 rings (SSSR count). The minimum atomic E-state index is -0.769. The summed E-state index contributed by atoms with van der Waals surface area (Å²) < 4.78 is 16.8. The van der Waals surface area contributed by atoms with Gasteiger partial charge < -0.3 is 14.2 Å². The topological polar surface area (TPSA) is 78.9 Å². The summed E-state index contributed by atoms with van der Waals surface area (Å²) in [5, 5.41) is 0. The zero-order valence-corrected chi connectivity index (χ0v) is 51.5. The molecular formula is C71H128O6. The van der Waals surface area contributed by atoms with Gasteiger partial charge in [-0.2, -0.15) is 0 Å². The van der Waals surface area contributed by atoms with E-state index in [9.17, 15) is 14.4 Å². The maximum absolute atomic E-state index is 12.8. The summed E-state index contributed by atoms with van der Waals surface area (Å²) in [6.45, 7) is 6.49. The molecule has 0 aliphatic rings. The highest BCUT2D eigenvalue weighted by Gasteiger charge is 2.19. The van der Waals surface area contributed by atoms with Crippen molar-refractivity contribution in [1.82, 2.24) is 0 Å². The Morgan fingerprint density at radius 2 is 0.506 bits per heavy atom. The minimum absolute atomic E-state index is 0.0700. The second kappa shape index (κ2) is 65.6. The predicted molar refractivity (Wildman–Crippen MR) is 335 cm³/mol. The summed E-state index contributed by atoms with van der Waals surface area (Å²) in [6.07, 6.45) is 84.4. The molecule has 1 unspecified atom stereocenters. The van der Waals surface area contributed by atoms with Gasteiger partial charge in [-0.1, -0.05) is 313 Å². The van der Waals surface area contributed by atoms with Crippen LogP contribution >= 0.6 is 0 Å². The van der Waals surface area contributed by atoms with E-state index in [0.717, 1.165) is 89.9 Å². The Labute approximate surface area is 479 Å². The smallest absolute Gasteiger partial charge is 0.306 e. The third-order valence-corrected chi connectivity index (χ3v) is 15.0. The molecule has 0 aromatic heterocycles. The lowest BCUT2D eigenvalue weighted by Gasteiger charge is -2.18. The van der Waals surface area contributed by atoms with Crippen LogP contribution in [0, 0.1) is 0 Å². The molecule has 77 heavy (non-hydrogen) atoms. The lowest BCUT2D eigenvalue weighted by molar-refractivity contribution is -0.167. The average molecular weight is 1080 g/mol. The summed E-state index contributed by atoms with van der Waals surface area (Å²) >= 11 is 0. The van der Waals surface area contributed by atoms with E-state index in [1.807, 2.05) is 0 Å². The minimum Gasteiger partial charge on any atom is -0.462 e. The first-order valence-corrected chi connectivity index (χ1v) is 33.8. The molecule has 0 fully saturated rings. The third-order valence-electron chi connectivity index (χ3n) is 15.0. The lowest BCUT2D eigenvalue weighted by Crippen LogP contribution is -2.30. The number of esters is 3. The number of carbonyl (C=O) groups excluding carboxylic acids is 3. The number of unbranched alkanes of at least 4 members (excludes halogenated alkanes) is 41. The largest absolute Gasteiger partial charge is 0.462 e. The van der Waals surface area contributed by atoms with E-state index in [4.69, 9.17) is 14.2 Å². The van der Waals surface area contributed by atoms with Crippen LogP contribution in [-0.2, 0) is 28.6 Å². The molecule has 0 aliphatic carbocycles. The number of ether oxygens (including phenoxy) is 3. The van der Waals surface area contributed by atoms with Crippen LogP contribution < -0.4 is 0 Å². The Balaban J connectivity index is 3.95. The Morgan fingerprint density at radius 1 is 0.273 bits per heavy atom. The van der Waals surface area contributed by atoms with Gasteiger partial charge in [0.15, 0.2) is 6.10 Å². The molecule has 0 saturated carbocycles. The van der Waals surface area contributed by atoms with Crippen molar-refractivity contribution in [2.24, 2.45) is 0 Å². The van der Waals surface area contributed by atoms with Crippen LogP contribution in [-0.4, -0.2) is 37.2 Å². The van der Waals surface area contributed by atoms with E-state index in [1.54, 1.807) is 0 Å². The predicted octanol–water partition coefficient (Wildman–Crippen LogP) is 23.1. The Morgan fingerprint density at radius 3 is 0.805 bits per heavy atom. The summed E-state index contributed by atoms with van der Waals surface area (Å²) in [4.78, 5) is 38.0. The maximum Gasteiger partial charge on any atom is 0.306 e. The van der Waals surface area contributed by atoms with Gasteiger partial charge >= 0.3 is 17.9 Å². The molecule has 0 amide bonds. The fourth-order valence-corrected chi connectivity index (χ4v) is 9.96. The summed E-state index contributed by atoms with van der Waals surface area (Å²) in [5.41, 5.74) is 0. The molecule has 1 atom stereocenters. The lowest BCUT2D eigenvalue weighted by atomic mass is 10.0. The van der Waals surface area contributed by atoms with Crippen molar-refractivity contribution in [2.75, 3.05) is 13.2 Å². The van der Waals surface area contributed by atoms with Gasteiger partial charge in [0, 0.05) is 19.3 Å². The fourth-order valence-electron chi connectivity index (χ4n) is 9.96. The van der Waals surface area contributed by atoms with Crippen LogP contribution in [0.25, 0.3) is 0 Å². The van der Waals surface area contributed by atoms with Crippen LogP contribution in [0.1, 0.15) is 355 Å². The zero-order valence-electron chi connectivity index (χ0n) is 51.5. The fraction of sp³-hybridized carbons (Fsp3) is 0.817. The first-order valence-electron chi connectivity index (χ1n) is 33.8. The molecule has 0 radical (unpaired) electrons. The normalized spacial score (nSPS) is 12.4. The summed E-state index contributed by atoms with van der Waals surface area (Å²) in [7, 11) is 0. The van der Waals surface area contributed by atoms with Crippen molar-refractivity contribution in [3.63, 3.8) is 0 Å². The number of hydrogen-bond donors (Lipinski definition) is 0. The van der Waals surface area contributed by atoms with E-state index < -0.39 is 6.10 Å². The van der Waals surface area contributed by atoms with Gasteiger partial charge in [-0.15, -0.1) is 0 Å². The van der Waals surface area contributed by atoms with E-state index in [-0.39, 0.29) is 31.1 Å². The standard InChI is InChI=1S/C71H128O6/c1-4-7-10-13-15-17-19-21-23-25-27-29-31-32-33-34-35-36-37-38-40-41-43-45-47-49-51-53-55-58-61-64-70(73)76-67-68(66-75-69(72)63-60-57-12-9-6-3)77-71(74)65-62-59-56-54-52-50-48-46-44-42-39-30-28-26-24-22-20-18-16-14-11-8-5-2/h7,10,15,17,21,23,26-29,68H,4-6,8-9,11-14,16,18-20,22,24-25,30-67H2,1-3H3/b10-7-,17-15-,23-21-,28-26-,29-27-. The van der Waals surface area contributed by atoms with Crippen molar-refractivity contribution in [1.29, 1.82) is 0 Å². The Hall–Kier alpha value is -2.89. The molecule has 0 N–H and O–H groups in total. The summed E-state index contributed by atoms with van der Waals surface area (Å²) in [5.74, 6) is -0.865. The molecular weight excluding hydrogens is 949 g/mol. The molecule has 0 saturated heterocycles. The van der Waals surface area contributed by atoms with Crippen molar-refractivity contribution >= 4 is 17.9 Å². The van der Waals surface area contributed by atoms with Gasteiger partial charge in [0.25, 0.3) is 0 Å². The van der Waals surface area contributed by atoms with Crippen molar-refractivity contribution in [3.05, 3.63) is 60.8 Å². The van der Waals surface area contributed by atoms with E-state index in [2.05, 4.69) is 81.5 Å². The van der Waals surface area contributed by atoms with Crippen LogP contribution in [0.3, 0.4) is 0 Å². The molecule has 0 heterocycles. The molecule has 6 heteroatoms. The first kappa shape index (κ1) is 74.1. The highest BCUT2D eigenvalue weighted by Crippen LogP contribution is 2.18. The van der Waals surface area contributed by atoms with Gasteiger partial charge in [0.2, 0.25) is 0 Å². The van der Waals surface area contributed by atoms with Crippen LogP contribution in [0.2, 0.25) is 0 Å².